The number of nitrogens with zero attached hydrogens (tertiary/aromatic N) is 4. The Bertz CT molecular complexity index is 680. The third kappa shape index (κ3) is 4.37. The Labute approximate surface area is 147 Å². The number of benzene rings is 1. The predicted octanol–water partition coefficient (Wildman–Crippen LogP) is 1.63. The van der Waals surface area contributed by atoms with Crippen molar-refractivity contribution in [2.24, 2.45) is 0 Å². The van der Waals surface area contributed by atoms with Gasteiger partial charge in [0, 0.05) is 45.0 Å². The Morgan fingerprint density at radius 2 is 1.92 bits per heavy atom. The molecule has 134 valence electrons. The van der Waals surface area contributed by atoms with Gasteiger partial charge in [0.25, 0.3) is 0 Å². The van der Waals surface area contributed by atoms with Gasteiger partial charge in [0.15, 0.2) is 5.82 Å². The highest BCUT2D eigenvalue weighted by molar-refractivity contribution is 5.88. The van der Waals surface area contributed by atoms with Crippen LogP contribution in [0.2, 0.25) is 0 Å². The van der Waals surface area contributed by atoms with Crippen LogP contribution >= 0.6 is 0 Å². The van der Waals surface area contributed by atoms with Gasteiger partial charge in [-0.1, -0.05) is 30.3 Å². The van der Waals surface area contributed by atoms with Gasteiger partial charge >= 0.3 is 6.03 Å². The number of urea groups is 1. The molecule has 0 radical (unpaired) electrons. The van der Waals surface area contributed by atoms with Gasteiger partial charge in [0.1, 0.15) is 0 Å². The van der Waals surface area contributed by atoms with Crippen LogP contribution in [0, 0.1) is 0 Å². The maximum absolute atomic E-state index is 12.4. The maximum atomic E-state index is 12.4. The summed E-state index contributed by atoms with van der Waals surface area (Å²) >= 11 is 0. The Balaban J connectivity index is 1.55. The van der Waals surface area contributed by atoms with Crippen LogP contribution in [0.3, 0.4) is 0 Å². The molecule has 3 rings (SSSR count). The van der Waals surface area contributed by atoms with E-state index in [2.05, 4.69) is 34.4 Å². The molecule has 2 N–H and O–H groups in total. The smallest absolute Gasteiger partial charge is 0.323 e. The molecular formula is C18H25N5O2. The van der Waals surface area contributed by atoms with E-state index in [0.717, 1.165) is 13.1 Å². The molecule has 2 aromatic rings. The zero-order chi connectivity index (χ0) is 17.6. The van der Waals surface area contributed by atoms with E-state index in [1.807, 2.05) is 35.1 Å². The molecular weight excluding hydrogens is 318 g/mol. The van der Waals surface area contributed by atoms with Gasteiger partial charge in [-0.3, -0.25) is 14.9 Å². The van der Waals surface area contributed by atoms with Crippen molar-refractivity contribution in [3.63, 3.8) is 0 Å². The highest BCUT2D eigenvalue weighted by Crippen LogP contribution is 2.18. The van der Waals surface area contributed by atoms with Crippen LogP contribution in [0.1, 0.15) is 18.5 Å². The molecule has 0 saturated carbocycles. The summed E-state index contributed by atoms with van der Waals surface area (Å²) in [5.74, 6) is 0.561. The van der Waals surface area contributed by atoms with Gasteiger partial charge in [-0.25, -0.2) is 4.79 Å². The van der Waals surface area contributed by atoms with Crippen molar-refractivity contribution in [1.29, 1.82) is 0 Å². The van der Waals surface area contributed by atoms with E-state index in [-0.39, 0.29) is 18.7 Å². The number of carbonyl (C=O) groups is 1. The SMILES string of the molecule is C[C@H](c1ccccc1)n1ccc(NC(=O)N2CCN(CCO)CC2)n1. The van der Waals surface area contributed by atoms with Crippen molar-refractivity contribution in [2.45, 2.75) is 13.0 Å². The number of piperazine rings is 1. The molecule has 25 heavy (non-hydrogen) atoms. The average molecular weight is 343 g/mol. The van der Waals surface area contributed by atoms with Crippen molar-refractivity contribution in [2.75, 3.05) is 44.6 Å². The highest BCUT2D eigenvalue weighted by atomic mass is 16.3. The van der Waals surface area contributed by atoms with E-state index in [1.54, 1.807) is 4.90 Å². The molecule has 7 nitrogen and oxygen atoms in total. The number of hydrogen-bond donors (Lipinski definition) is 2. The van der Waals surface area contributed by atoms with Crippen LogP contribution in [-0.4, -0.2) is 70.0 Å². The lowest BCUT2D eigenvalue weighted by Crippen LogP contribution is -2.50. The third-order valence-electron chi connectivity index (χ3n) is 4.60. The summed E-state index contributed by atoms with van der Waals surface area (Å²) in [6, 6.07) is 11.9. The highest BCUT2D eigenvalue weighted by Gasteiger charge is 2.21. The van der Waals surface area contributed by atoms with Gasteiger partial charge in [-0.2, -0.15) is 5.10 Å². The first kappa shape index (κ1) is 17.4. The fourth-order valence-electron chi connectivity index (χ4n) is 3.01. The number of β-amino-alcohol motifs (C(OH)–C–C–N with tert-alkyl or cyclic N) is 1. The number of rotatable bonds is 5. The van der Waals surface area contributed by atoms with E-state index in [4.69, 9.17) is 5.11 Å². The monoisotopic (exact) mass is 343 g/mol. The molecule has 0 bridgehead atoms. The van der Waals surface area contributed by atoms with Crippen molar-refractivity contribution in [3.8, 4) is 0 Å². The normalized spacial score (nSPS) is 16.6. The van der Waals surface area contributed by atoms with E-state index >= 15 is 0 Å². The summed E-state index contributed by atoms with van der Waals surface area (Å²) in [7, 11) is 0. The zero-order valence-corrected chi connectivity index (χ0v) is 14.5. The first-order valence-corrected chi connectivity index (χ1v) is 8.66. The van der Waals surface area contributed by atoms with Crippen molar-refractivity contribution in [3.05, 3.63) is 48.2 Å². The largest absolute Gasteiger partial charge is 0.395 e. The van der Waals surface area contributed by atoms with Crippen LogP contribution in [0.5, 0.6) is 0 Å². The van der Waals surface area contributed by atoms with Gasteiger partial charge < -0.3 is 10.0 Å². The lowest BCUT2D eigenvalue weighted by atomic mass is 10.1. The van der Waals surface area contributed by atoms with E-state index in [1.165, 1.54) is 5.56 Å². The third-order valence-corrected chi connectivity index (χ3v) is 4.60. The van der Waals surface area contributed by atoms with E-state index in [9.17, 15) is 4.79 Å². The lowest BCUT2D eigenvalue weighted by Gasteiger charge is -2.34. The molecule has 1 aliphatic heterocycles. The second-order valence-corrected chi connectivity index (χ2v) is 6.25. The molecule has 0 spiro atoms. The predicted molar refractivity (Wildman–Crippen MR) is 96.6 cm³/mol. The second-order valence-electron chi connectivity index (χ2n) is 6.25. The maximum Gasteiger partial charge on any atom is 0.323 e. The fraction of sp³-hybridized carbons (Fsp3) is 0.444. The van der Waals surface area contributed by atoms with Crippen LogP contribution in [0.4, 0.5) is 10.6 Å². The molecule has 1 aromatic heterocycles. The van der Waals surface area contributed by atoms with Crippen molar-refractivity contribution < 1.29 is 9.90 Å². The van der Waals surface area contributed by atoms with Gasteiger partial charge in [-0.05, 0) is 12.5 Å². The molecule has 2 amide bonds. The lowest BCUT2D eigenvalue weighted by molar-refractivity contribution is 0.127. The van der Waals surface area contributed by atoms with Crippen LogP contribution in [0.25, 0.3) is 0 Å². The fourth-order valence-corrected chi connectivity index (χ4v) is 3.01. The summed E-state index contributed by atoms with van der Waals surface area (Å²) in [4.78, 5) is 16.3. The Kier molecular flexibility index (Phi) is 5.67. The summed E-state index contributed by atoms with van der Waals surface area (Å²) < 4.78 is 1.85. The molecule has 2 heterocycles. The summed E-state index contributed by atoms with van der Waals surface area (Å²) in [5.41, 5.74) is 1.17. The molecule has 0 unspecified atom stereocenters. The van der Waals surface area contributed by atoms with E-state index < -0.39 is 0 Å². The zero-order valence-electron chi connectivity index (χ0n) is 14.5. The van der Waals surface area contributed by atoms with Crippen LogP contribution < -0.4 is 5.32 Å². The van der Waals surface area contributed by atoms with Gasteiger partial charge in [0.2, 0.25) is 0 Å². The topological polar surface area (TPSA) is 73.6 Å². The molecule has 1 atom stereocenters. The molecule has 0 aliphatic carbocycles. The number of hydrogen-bond acceptors (Lipinski definition) is 4. The number of aliphatic hydroxyl groups excluding tert-OH is 1. The Morgan fingerprint density at radius 1 is 1.20 bits per heavy atom. The second kappa shape index (κ2) is 8.13. The quantitative estimate of drug-likeness (QED) is 0.865. The number of aromatic nitrogens is 2. The molecule has 1 aromatic carbocycles. The number of carbonyl (C=O) groups excluding carboxylic acids is 1. The minimum absolute atomic E-state index is 0.105. The minimum Gasteiger partial charge on any atom is -0.395 e. The Hall–Kier alpha value is -2.38. The number of aliphatic hydroxyl groups is 1. The van der Waals surface area contributed by atoms with Crippen LogP contribution in [0.15, 0.2) is 42.6 Å². The number of nitrogens with one attached hydrogen (secondary N) is 1. The van der Waals surface area contributed by atoms with E-state index in [0.29, 0.717) is 25.5 Å². The van der Waals surface area contributed by atoms with Crippen molar-refractivity contribution >= 4 is 11.8 Å². The minimum atomic E-state index is -0.124. The summed E-state index contributed by atoms with van der Waals surface area (Å²) in [5, 5.41) is 16.3. The molecule has 1 aliphatic rings. The van der Waals surface area contributed by atoms with Crippen LogP contribution in [-0.2, 0) is 0 Å². The number of amides is 2. The molecule has 1 fully saturated rings. The summed E-state index contributed by atoms with van der Waals surface area (Å²) in [6.07, 6.45) is 1.88. The first-order valence-electron chi connectivity index (χ1n) is 8.66. The summed E-state index contributed by atoms with van der Waals surface area (Å²) in [6.45, 7) is 5.79. The molecule has 1 saturated heterocycles. The molecule has 7 heteroatoms. The van der Waals surface area contributed by atoms with Crippen molar-refractivity contribution in [1.82, 2.24) is 19.6 Å². The first-order chi connectivity index (χ1) is 12.2. The Morgan fingerprint density at radius 3 is 2.60 bits per heavy atom. The number of anilines is 1. The standard InChI is InChI=1S/C18H25N5O2/c1-15(16-5-3-2-4-6-16)23-8-7-17(20-23)19-18(25)22-11-9-21(10-12-22)13-14-24/h2-8,15,24H,9-14H2,1H3,(H,19,20,25)/t15-/m1/s1. The average Bonchev–Trinajstić information content (AvgIpc) is 3.11. The van der Waals surface area contributed by atoms with Gasteiger partial charge in [-0.15, -0.1) is 0 Å². The van der Waals surface area contributed by atoms with Gasteiger partial charge in [0.05, 0.1) is 12.6 Å².